The first-order valence-corrected chi connectivity index (χ1v) is 6.77. The van der Waals surface area contributed by atoms with E-state index in [1.54, 1.807) is 0 Å². The van der Waals surface area contributed by atoms with Gasteiger partial charge in [0.1, 0.15) is 0 Å². The standard InChI is InChI=1S/C16H23NO/c1-11-8-13(3)14(9-12(11)2)15(18)16(10-17-4)6-5-7-16/h8-9,17H,5-7,10H2,1-4H3. The Labute approximate surface area is 110 Å². The molecule has 0 spiro atoms. The zero-order chi connectivity index (χ0) is 13.3. The maximum Gasteiger partial charge on any atom is 0.170 e. The van der Waals surface area contributed by atoms with E-state index in [-0.39, 0.29) is 5.41 Å². The summed E-state index contributed by atoms with van der Waals surface area (Å²) in [6, 6.07) is 4.21. The molecule has 0 bridgehead atoms. The lowest BCUT2D eigenvalue weighted by Gasteiger charge is -2.40. The van der Waals surface area contributed by atoms with Crippen LogP contribution in [0.3, 0.4) is 0 Å². The molecule has 1 aliphatic rings. The Balaban J connectivity index is 2.36. The van der Waals surface area contributed by atoms with Gasteiger partial charge in [0.15, 0.2) is 5.78 Å². The molecule has 0 unspecified atom stereocenters. The zero-order valence-corrected chi connectivity index (χ0v) is 11.9. The summed E-state index contributed by atoms with van der Waals surface area (Å²) in [6.07, 6.45) is 3.23. The largest absolute Gasteiger partial charge is 0.319 e. The molecule has 0 heterocycles. The van der Waals surface area contributed by atoms with Crippen LogP contribution >= 0.6 is 0 Å². The highest BCUT2D eigenvalue weighted by molar-refractivity contribution is 6.02. The molecule has 1 aliphatic carbocycles. The number of carbonyl (C=O) groups excluding carboxylic acids is 1. The van der Waals surface area contributed by atoms with E-state index in [1.807, 2.05) is 14.0 Å². The van der Waals surface area contributed by atoms with E-state index in [1.165, 1.54) is 17.5 Å². The van der Waals surface area contributed by atoms with Gasteiger partial charge in [0.05, 0.1) is 0 Å². The second kappa shape index (κ2) is 4.85. The second-order valence-electron chi connectivity index (χ2n) is 5.74. The van der Waals surface area contributed by atoms with E-state index in [0.717, 1.165) is 30.5 Å². The molecule has 0 radical (unpaired) electrons. The molecule has 18 heavy (non-hydrogen) atoms. The lowest BCUT2D eigenvalue weighted by molar-refractivity contribution is 0.0613. The number of aryl methyl sites for hydroxylation is 3. The highest BCUT2D eigenvalue weighted by Gasteiger charge is 2.43. The number of carbonyl (C=O) groups is 1. The van der Waals surface area contributed by atoms with Gasteiger partial charge >= 0.3 is 0 Å². The number of hydrogen-bond donors (Lipinski definition) is 1. The molecule has 98 valence electrons. The molecular formula is C16H23NO. The first-order chi connectivity index (χ1) is 8.50. The Hall–Kier alpha value is -1.15. The predicted molar refractivity (Wildman–Crippen MR) is 75.2 cm³/mol. The molecular weight excluding hydrogens is 222 g/mol. The fraction of sp³-hybridized carbons (Fsp3) is 0.562. The molecule has 0 aromatic heterocycles. The Bertz CT molecular complexity index is 472. The monoisotopic (exact) mass is 245 g/mol. The smallest absolute Gasteiger partial charge is 0.170 e. The van der Waals surface area contributed by atoms with Gasteiger partial charge in [0, 0.05) is 17.5 Å². The number of hydrogen-bond acceptors (Lipinski definition) is 2. The van der Waals surface area contributed by atoms with Crippen LogP contribution in [-0.4, -0.2) is 19.4 Å². The van der Waals surface area contributed by atoms with Crippen LogP contribution in [0, 0.1) is 26.2 Å². The molecule has 1 aromatic rings. The third-order valence-electron chi connectivity index (χ3n) is 4.39. The van der Waals surface area contributed by atoms with Crippen molar-refractivity contribution in [1.82, 2.24) is 5.32 Å². The average molecular weight is 245 g/mol. The van der Waals surface area contributed by atoms with Gasteiger partial charge in [-0.15, -0.1) is 0 Å². The number of nitrogens with one attached hydrogen (secondary N) is 1. The van der Waals surface area contributed by atoms with Crippen molar-refractivity contribution in [3.8, 4) is 0 Å². The van der Waals surface area contributed by atoms with Crippen LogP contribution in [0.15, 0.2) is 12.1 Å². The van der Waals surface area contributed by atoms with Crippen LogP contribution in [0.25, 0.3) is 0 Å². The first kappa shape index (κ1) is 13.3. The number of Topliss-reactive ketones (excluding diaryl/α,β-unsaturated/α-hetero) is 1. The van der Waals surface area contributed by atoms with E-state index >= 15 is 0 Å². The topological polar surface area (TPSA) is 29.1 Å². The second-order valence-corrected chi connectivity index (χ2v) is 5.74. The molecule has 1 N–H and O–H groups in total. The minimum Gasteiger partial charge on any atom is -0.319 e. The summed E-state index contributed by atoms with van der Waals surface area (Å²) in [4.78, 5) is 12.8. The summed E-state index contributed by atoms with van der Waals surface area (Å²) in [7, 11) is 1.93. The SMILES string of the molecule is CNCC1(C(=O)c2cc(C)c(C)cc2C)CCC1. The molecule has 2 nitrogen and oxygen atoms in total. The summed E-state index contributed by atoms with van der Waals surface area (Å²) in [5.41, 5.74) is 4.38. The van der Waals surface area contributed by atoms with Crippen molar-refractivity contribution in [2.45, 2.75) is 40.0 Å². The van der Waals surface area contributed by atoms with Gasteiger partial charge in [-0.1, -0.05) is 12.5 Å². The lowest BCUT2D eigenvalue weighted by atomic mass is 9.64. The van der Waals surface area contributed by atoms with Gasteiger partial charge in [-0.05, 0) is 63.4 Å². The van der Waals surface area contributed by atoms with Crippen molar-refractivity contribution in [1.29, 1.82) is 0 Å². The maximum atomic E-state index is 12.8. The van der Waals surface area contributed by atoms with Gasteiger partial charge < -0.3 is 5.32 Å². The van der Waals surface area contributed by atoms with Crippen molar-refractivity contribution in [2.24, 2.45) is 5.41 Å². The lowest BCUT2D eigenvalue weighted by Crippen LogP contribution is -2.45. The summed E-state index contributed by atoms with van der Waals surface area (Å²) < 4.78 is 0. The van der Waals surface area contributed by atoms with Gasteiger partial charge in [-0.2, -0.15) is 0 Å². The Morgan fingerprint density at radius 2 is 1.78 bits per heavy atom. The summed E-state index contributed by atoms with van der Waals surface area (Å²) in [6.45, 7) is 7.03. The molecule has 0 amide bonds. The summed E-state index contributed by atoms with van der Waals surface area (Å²) in [5.74, 6) is 0.337. The average Bonchev–Trinajstić information content (AvgIpc) is 2.27. The fourth-order valence-corrected chi connectivity index (χ4v) is 2.92. The third-order valence-corrected chi connectivity index (χ3v) is 4.39. The van der Waals surface area contributed by atoms with Gasteiger partial charge in [-0.3, -0.25) is 4.79 Å². The van der Waals surface area contributed by atoms with Crippen LogP contribution in [0.5, 0.6) is 0 Å². The van der Waals surface area contributed by atoms with Crippen LogP contribution in [0.2, 0.25) is 0 Å². The molecule has 1 fully saturated rings. The highest BCUT2D eigenvalue weighted by atomic mass is 16.1. The molecule has 1 aromatic carbocycles. The quantitative estimate of drug-likeness (QED) is 0.825. The highest BCUT2D eigenvalue weighted by Crippen LogP contribution is 2.43. The van der Waals surface area contributed by atoms with Crippen LogP contribution in [0.1, 0.15) is 46.3 Å². The predicted octanol–water partition coefficient (Wildman–Crippen LogP) is 3.18. The molecule has 1 saturated carbocycles. The van der Waals surface area contributed by atoms with Crippen LogP contribution in [-0.2, 0) is 0 Å². The zero-order valence-electron chi connectivity index (χ0n) is 11.9. The van der Waals surface area contributed by atoms with E-state index in [4.69, 9.17) is 0 Å². The van der Waals surface area contributed by atoms with Gasteiger partial charge in [0.2, 0.25) is 0 Å². The number of rotatable bonds is 4. The maximum absolute atomic E-state index is 12.8. The van der Waals surface area contributed by atoms with Gasteiger partial charge in [-0.25, -0.2) is 0 Å². The van der Waals surface area contributed by atoms with Crippen molar-refractivity contribution in [2.75, 3.05) is 13.6 Å². The Kier molecular flexibility index (Phi) is 3.58. The van der Waals surface area contributed by atoms with E-state index in [9.17, 15) is 4.79 Å². The first-order valence-electron chi connectivity index (χ1n) is 6.77. The Morgan fingerprint density at radius 3 is 2.28 bits per heavy atom. The van der Waals surface area contributed by atoms with E-state index < -0.39 is 0 Å². The van der Waals surface area contributed by atoms with Crippen molar-refractivity contribution >= 4 is 5.78 Å². The van der Waals surface area contributed by atoms with Crippen molar-refractivity contribution in [3.63, 3.8) is 0 Å². The molecule has 0 aliphatic heterocycles. The van der Waals surface area contributed by atoms with Crippen molar-refractivity contribution in [3.05, 3.63) is 34.4 Å². The van der Waals surface area contributed by atoms with E-state index in [2.05, 4.69) is 31.3 Å². The molecule has 2 heteroatoms. The van der Waals surface area contributed by atoms with Crippen LogP contribution < -0.4 is 5.32 Å². The molecule has 0 saturated heterocycles. The fourth-order valence-electron chi connectivity index (χ4n) is 2.92. The summed E-state index contributed by atoms with van der Waals surface area (Å²) in [5, 5.41) is 3.19. The Morgan fingerprint density at radius 1 is 1.17 bits per heavy atom. The summed E-state index contributed by atoms with van der Waals surface area (Å²) >= 11 is 0. The van der Waals surface area contributed by atoms with Gasteiger partial charge in [0.25, 0.3) is 0 Å². The number of benzene rings is 1. The number of ketones is 1. The van der Waals surface area contributed by atoms with Crippen molar-refractivity contribution < 1.29 is 4.79 Å². The van der Waals surface area contributed by atoms with E-state index in [0.29, 0.717) is 5.78 Å². The molecule has 2 rings (SSSR count). The third kappa shape index (κ3) is 2.10. The van der Waals surface area contributed by atoms with Crippen LogP contribution in [0.4, 0.5) is 0 Å². The minimum absolute atomic E-state index is 0.138. The molecule has 0 atom stereocenters. The minimum atomic E-state index is -0.138. The normalized spacial score (nSPS) is 17.3.